The fraction of sp³-hybridized carbons (Fsp3) is 1.00. The van der Waals surface area contributed by atoms with E-state index in [0.717, 1.165) is 19.0 Å². The van der Waals surface area contributed by atoms with Crippen LogP contribution in [0.25, 0.3) is 0 Å². The quantitative estimate of drug-likeness (QED) is 0.533. The summed E-state index contributed by atoms with van der Waals surface area (Å²) in [5, 5.41) is 0. The molecule has 0 aromatic carbocycles. The Balaban J connectivity index is 3.28. The smallest absolute Gasteiger partial charge is 0.00489 e. The van der Waals surface area contributed by atoms with Crippen molar-refractivity contribution in [3.63, 3.8) is 0 Å². The molecule has 0 aliphatic heterocycles. The molecule has 2 nitrogen and oxygen atoms in total. The molecule has 2 heteroatoms. The summed E-state index contributed by atoms with van der Waals surface area (Å²) in [6.07, 6.45) is 10.4. The van der Waals surface area contributed by atoms with Gasteiger partial charge in [0.05, 0.1) is 0 Å². The second kappa shape index (κ2) is 11.0. The van der Waals surface area contributed by atoms with Gasteiger partial charge in [-0.2, -0.15) is 0 Å². The summed E-state index contributed by atoms with van der Waals surface area (Å²) in [4.78, 5) is 0. The van der Waals surface area contributed by atoms with Crippen LogP contribution < -0.4 is 11.5 Å². The third-order valence-corrected chi connectivity index (χ3v) is 2.87. The molecular weight excluding hydrogens is 172 g/mol. The molecular formula is C12H28N2. The molecule has 0 spiro atoms. The Morgan fingerprint density at radius 3 is 2.00 bits per heavy atom. The van der Waals surface area contributed by atoms with Crippen molar-refractivity contribution in [2.24, 2.45) is 17.4 Å². The molecule has 1 atom stereocenters. The first-order valence-corrected chi connectivity index (χ1v) is 6.25. The van der Waals surface area contributed by atoms with Crippen molar-refractivity contribution in [1.82, 2.24) is 0 Å². The average molecular weight is 200 g/mol. The molecule has 14 heavy (non-hydrogen) atoms. The Morgan fingerprint density at radius 2 is 1.50 bits per heavy atom. The number of rotatable bonds is 10. The molecule has 0 aliphatic carbocycles. The maximum atomic E-state index is 5.75. The fourth-order valence-electron chi connectivity index (χ4n) is 1.82. The lowest BCUT2D eigenvalue weighted by Gasteiger charge is -2.13. The minimum atomic E-state index is 0.763. The van der Waals surface area contributed by atoms with Crippen molar-refractivity contribution in [3.05, 3.63) is 0 Å². The average Bonchev–Trinajstić information content (AvgIpc) is 2.22. The van der Waals surface area contributed by atoms with Crippen LogP contribution in [-0.2, 0) is 0 Å². The number of hydrogen-bond acceptors (Lipinski definition) is 2. The summed E-state index contributed by atoms with van der Waals surface area (Å²) in [6.45, 7) is 3.95. The van der Waals surface area contributed by atoms with Gasteiger partial charge in [0.1, 0.15) is 0 Å². The Morgan fingerprint density at radius 1 is 0.857 bits per heavy atom. The maximum absolute atomic E-state index is 5.75. The van der Waals surface area contributed by atoms with Gasteiger partial charge in [0.15, 0.2) is 0 Å². The Hall–Kier alpha value is -0.0800. The van der Waals surface area contributed by atoms with Gasteiger partial charge in [0.2, 0.25) is 0 Å². The van der Waals surface area contributed by atoms with Gasteiger partial charge in [-0.05, 0) is 38.3 Å². The van der Waals surface area contributed by atoms with Crippen molar-refractivity contribution in [3.8, 4) is 0 Å². The second-order valence-electron chi connectivity index (χ2n) is 4.24. The number of hydrogen-bond donors (Lipinski definition) is 2. The third-order valence-electron chi connectivity index (χ3n) is 2.87. The molecule has 86 valence electrons. The summed E-state index contributed by atoms with van der Waals surface area (Å²) < 4.78 is 0. The van der Waals surface area contributed by atoms with E-state index >= 15 is 0 Å². The van der Waals surface area contributed by atoms with E-state index in [2.05, 4.69) is 6.92 Å². The summed E-state index contributed by atoms with van der Waals surface area (Å²) in [5.74, 6) is 0.763. The molecule has 1 unspecified atom stereocenters. The molecule has 0 aliphatic rings. The van der Waals surface area contributed by atoms with Gasteiger partial charge in [0, 0.05) is 0 Å². The lowest BCUT2D eigenvalue weighted by atomic mass is 9.95. The highest BCUT2D eigenvalue weighted by Gasteiger charge is 2.05. The minimum Gasteiger partial charge on any atom is -0.330 e. The zero-order chi connectivity index (χ0) is 10.6. The monoisotopic (exact) mass is 200 g/mol. The van der Waals surface area contributed by atoms with Gasteiger partial charge < -0.3 is 11.5 Å². The minimum absolute atomic E-state index is 0.763. The Kier molecular flexibility index (Phi) is 10.9. The van der Waals surface area contributed by atoms with Gasteiger partial charge >= 0.3 is 0 Å². The third kappa shape index (κ3) is 8.52. The normalized spacial score (nSPS) is 13.1. The number of unbranched alkanes of at least 4 members (excludes halogenated alkanes) is 4. The molecule has 0 saturated heterocycles. The fourth-order valence-corrected chi connectivity index (χ4v) is 1.82. The van der Waals surface area contributed by atoms with Crippen LogP contribution in [0.1, 0.15) is 58.3 Å². The first kappa shape index (κ1) is 13.9. The molecule has 0 bridgehead atoms. The van der Waals surface area contributed by atoms with E-state index in [9.17, 15) is 0 Å². The van der Waals surface area contributed by atoms with E-state index in [1.807, 2.05) is 0 Å². The largest absolute Gasteiger partial charge is 0.330 e. The van der Waals surface area contributed by atoms with Crippen molar-refractivity contribution >= 4 is 0 Å². The predicted octanol–water partition coefficient (Wildman–Crippen LogP) is 2.66. The lowest BCUT2D eigenvalue weighted by Crippen LogP contribution is -2.14. The zero-order valence-corrected chi connectivity index (χ0v) is 9.80. The van der Waals surface area contributed by atoms with Gasteiger partial charge in [0.25, 0.3) is 0 Å². The first-order chi connectivity index (χ1) is 6.85. The van der Waals surface area contributed by atoms with Crippen LogP contribution in [-0.4, -0.2) is 13.1 Å². The predicted molar refractivity (Wildman–Crippen MR) is 64.2 cm³/mol. The Labute approximate surface area is 89.4 Å². The van der Waals surface area contributed by atoms with Crippen LogP contribution in [0.5, 0.6) is 0 Å². The molecule has 0 rings (SSSR count). The van der Waals surface area contributed by atoms with Gasteiger partial charge in [-0.25, -0.2) is 0 Å². The van der Waals surface area contributed by atoms with Gasteiger partial charge in [-0.15, -0.1) is 0 Å². The molecule has 0 aromatic rings. The highest BCUT2D eigenvalue weighted by molar-refractivity contribution is 4.60. The van der Waals surface area contributed by atoms with E-state index in [1.54, 1.807) is 0 Å². The second-order valence-corrected chi connectivity index (χ2v) is 4.24. The van der Waals surface area contributed by atoms with E-state index in [0.29, 0.717) is 0 Å². The molecule has 0 amide bonds. The van der Waals surface area contributed by atoms with Crippen LogP contribution in [0.3, 0.4) is 0 Å². The molecule has 0 heterocycles. The Bertz CT molecular complexity index is 104. The van der Waals surface area contributed by atoms with Crippen molar-refractivity contribution in [2.75, 3.05) is 13.1 Å². The standard InChI is InChI=1S/C12H28N2/c1-2-3-5-8-12(11-14)9-6-4-7-10-13/h12H,2-11,13-14H2,1H3. The van der Waals surface area contributed by atoms with E-state index < -0.39 is 0 Å². The molecule has 0 saturated carbocycles. The van der Waals surface area contributed by atoms with Crippen LogP contribution in [0, 0.1) is 5.92 Å². The van der Waals surface area contributed by atoms with Crippen molar-refractivity contribution in [1.29, 1.82) is 0 Å². The molecule has 0 aromatic heterocycles. The summed E-state index contributed by atoms with van der Waals surface area (Å²) >= 11 is 0. The van der Waals surface area contributed by atoms with Crippen LogP contribution in [0.2, 0.25) is 0 Å². The maximum Gasteiger partial charge on any atom is -0.00489 e. The van der Waals surface area contributed by atoms with Gasteiger partial charge in [-0.3, -0.25) is 0 Å². The summed E-state index contributed by atoms with van der Waals surface area (Å²) in [5.41, 5.74) is 11.2. The van der Waals surface area contributed by atoms with Crippen LogP contribution in [0.15, 0.2) is 0 Å². The zero-order valence-electron chi connectivity index (χ0n) is 9.80. The summed E-state index contributed by atoms with van der Waals surface area (Å²) in [6, 6.07) is 0. The highest BCUT2D eigenvalue weighted by Crippen LogP contribution is 2.15. The molecule has 4 N–H and O–H groups in total. The lowest BCUT2D eigenvalue weighted by molar-refractivity contribution is 0.417. The molecule has 0 radical (unpaired) electrons. The van der Waals surface area contributed by atoms with Crippen LogP contribution in [0.4, 0.5) is 0 Å². The number of nitrogens with two attached hydrogens (primary N) is 2. The van der Waals surface area contributed by atoms with E-state index in [1.165, 1.54) is 51.4 Å². The topological polar surface area (TPSA) is 52.0 Å². The van der Waals surface area contributed by atoms with E-state index in [4.69, 9.17) is 11.5 Å². The van der Waals surface area contributed by atoms with Crippen molar-refractivity contribution in [2.45, 2.75) is 58.3 Å². The first-order valence-electron chi connectivity index (χ1n) is 6.25. The van der Waals surface area contributed by atoms with Crippen molar-refractivity contribution < 1.29 is 0 Å². The summed E-state index contributed by atoms with van der Waals surface area (Å²) in [7, 11) is 0. The van der Waals surface area contributed by atoms with Crippen LogP contribution >= 0.6 is 0 Å². The molecule has 0 fully saturated rings. The SMILES string of the molecule is CCCCCC(CN)CCCCCN. The highest BCUT2D eigenvalue weighted by atomic mass is 14.5. The van der Waals surface area contributed by atoms with E-state index in [-0.39, 0.29) is 0 Å². The van der Waals surface area contributed by atoms with Gasteiger partial charge in [-0.1, -0.05) is 39.0 Å².